The van der Waals surface area contributed by atoms with Crippen molar-refractivity contribution in [1.82, 2.24) is 5.32 Å². The first kappa shape index (κ1) is 16.3. The van der Waals surface area contributed by atoms with E-state index in [2.05, 4.69) is 27.3 Å². The van der Waals surface area contributed by atoms with E-state index >= 15 is 0 Å². The van der Waals surface area contributed by atoms with Crippen LogP contribution in [0.3, 0.4) is 0 Å². The Morgan fingerprint density at radius 1 is 1.48 bits per heavy atom. The summed E-state index contributed by atoms with van der Waals surface area (Å²) in [5.74, 6) is 0.891. The second kappa shape index (κ2) is 6.36. The van der Waals surface area contributed by atoms with Crippen LogP contribution >= 0.6 is 15.9 Å². The minimum atomic E-state index is -0.151. The van der Waals surface area contributed by atoms with E-state index in [1.807, 2.05) is 26.8 Å². The van der Waals surface area contributed by atoms with E-state index in [9.17, 15) is 4.79 Å². The second-order valence-corrected chi connectivity index (χ2v) is 7.52. The van der Waals surface area contributed by atoms with E-state index in [0.717, 1.165) is 22.2 Å². The van der Waals surface area contributed by atoms with E-state index in [0.29, 0.717) is 19.6 Å². The number of benzene rings is 1. The van der Waals surface area contributed by atoms with Crippen molar-refractivity contribution in [3.63, 3.8) is 0 Å². The molecule has 1 atom stereocenters. The average molecular weight is 355 g/mol. The van der Waals surface area contributed by atoms with Crippen LogP contribution in [-0.2, 0) is 17.8 Å². The molecular formula is C16H23BrN2O2. The van der Waals surface area contributed by atoms with Crippen molar-refractivity contribution in [3.05, 3.63) is 27.7 Å². The number of carbonyl (C=O) groups is 1. The molecular weight excluding hydrogens is 332 g/mol. The number of hydrogen-bond donors (Lipinski definition) is 2. The van der Waals surface area contributed by atoms with Crippen molar-refractivity contribution in [2.45, 2.75) is 46.2 Å². The summed E-state index contributed by atoms with van der Waals surface area (Å²) in [5.41, 5.74) is 8.17. The molecule has 0 aliphatic carbocycles. The van der Waals surface area contributed by atoms with Gasteiger partial charge in [0.2, 0.25) is 5.91 Å². The molecule has 0 aromatic heterocycles. The van der Waals surface area contributed by atoms with Gasteiger partial charge in [-0.15, -0.1) is 0 Å². The summed E-state index contributed by atoms with van der Waals surface area (Å²) in [5, 5.41) is 2.94. The first-order valence-corrected chi connectivity index (χ1v) is 8.03. The van der Waals surface area contributed by atoms with Crippen LogP contribution in [0.25, 0.3) is 0 Å². The molecule has 1 aromatic rings. The van der Waals surface area contributed by atoms with Crippen molar-refractivity contribution in [2.75, 3.05) is 6.61 Å². The Balaban J connectivity index is 1.96. The van der Waals surface area contributed by atoms with Gasteiger partial charge in [0.15, 0.2) is 0 Å². The zero-order valence-electron chi connectivity index (χ0n) is 12.8. The fourth-order valence-electron chi connectivity index (χ4n) is 2.25. The van der Waals surface area contributed by atoms with Crippen molar-refractivity contribution >= 4 is 21.8 Å². The van der Waals surface area contributed by atoms with Gasteiger partial charge in [-0.1, -0.05) is 36.7 Å². The third kappa shape index (κ3) is 4.20. The largest absolute Gasteiger partial charge is 0.493 e. The van der Waals surface area contributed by atoms with Gasteiger partial charge in [-0.3, -0.25) is 4.79 Å². The Hall–Kier alpha value is -1.07. The highest BCUT2D eigenvalue weighted by Gasteiger charge is 2.23. The van der Waals surface area contributed by atoms with Gasteiger partial charge in [-0.05, 0) is 23.1 Å². The maximum atomic E-state index is 12.0. The highest BCUT2D eigenvalue weighted by atomic mass is 79.9. The SMILES string of the molecule is CC(C)(C)C(N)CC(=O)NCc1cc(Br)cc2c1OCC2. The van der Waals surface area contributed by atoms with Crippen LogP contribution in [0.2, 0.25) is 0 Å². The van der Waals surface area contributed by atoms with Gasteiger partial charge < -0.3 is 15.8 Å². The molecule has 5 heteroatoms. The number of ether oxygens (including phenoxy) is 1. The zero-order chi connectivity index (χ0) is 15.6. The lowest BCUT2D eigenvalue weighted by molar-refractivity contribution is -0.122. The fourth-order valence-corrected chi connectivity index (χ4v) is 2.80. The molecule has 1 unspecified atom stereocenters. The lowest BCUT2D eigenvalue weighted by Crippen LogP contribution is -2.40. The van der Waals surface area contributed by atoms with Crippen molar-refractivity contribution in [1.29, 1.82) is 0 Å². The predicted octanol–water partition coefficient (Wildman–Crippen LogP) is 2.76. The number of fused-ring (bicyclic) bond motifs is 1. The van der Waals surface area contributed by atoms with Crippen LogP contribution < -0.4 is 15.8 Å². The topological polar surface area (TPSA) is 64.4 Å². The maximum absolute atomic E-state index is 12.0. The van der Waals surface area contributed by atoms with Gasteiger partial charge in [0.1, 0.15) is 5.75 Å². The average Bonchev–Trinajstić information content (AvgIpc) is 2.82. The van der Waals surface area contributed by atoms with Crippen LogP contribution in [0.4, 0.5) is 0 Å². The highest BCUT2D eigenvalue weighted by molar-refractivity contribution is 9.10. The van der Waals surface area contributed by atoms with E-state index in [4.69, 9.17) is 10.5 Å². The standard InChI is InChI=1S/C16H23BrN2O2/c1-16(2,3)13(18)8-14(20)19-9-11-7-12(17)6-10-4-5-21-15(10)11/h6-7,13H,4-5,8-9,18H2,1-3H3,(H,19,20). The minimum Gasteiger partial charge on any atom is -0.493 e. The summed E-state index contributed by atoms with van der Waals surface area (Å²) < 4.78 is 6.67. The van der Waals surface area contributed by atoms with Crippen molar-refractivity contribution in [3.8, 4) is 5.75 Å². The van der Waals surface area contributed by atoms with E-state index in [1.54, 1.807) is 0 Å². The maximum Gasteiger partial charge on any atom is 0.221 e. The highest BCUT2D eigenvalue weighted by Crippen LogP contribution is 2.32. The molecule has 1 aromatic carbocycles. The quantitative estimate of drug-likeness (QED) is 0.873. The molecule has 0 saturated heterocycles. The number of amides is 1. The third-order valence-corrected chi connectivity index (χ3v) is 4.28. The molecule has 21 heavy (non-hydrogen) atoms. The molecule has 0 spiro atoms. The van der Waals surface area contributed by atoms with Gasteiger partial charge in [0.05, 0.1) is 6.61 Å². The molecule has 1 aliphatic rings. The van der Waals surface area contributed by atoms with Gasteiger partial charge in [0.25, 0.3) is 0 Å². The predicted molar refractivity (Wildman–Crippen MR) is 87.2 cm³/mol. The first-order valence-electron chi connectivity index (χ1n) is 7.24. The number of halogens is 1. The lowest BCUT2D eigenvalue weighted by atomic mass is 9.85. The lowest BCUT2D eigenvalue weighted by Gasteiger charge is -2.26. The summed E-state index contributed by atoms with van der Waals surface area (Å²) in [7, 11) is 0. The van der Waals surface area contributed by atoms with Crippen LogP contribution in [0.15, 0.2) is 16.6 Å². The van der Waals surface area contributed by atoms with Gasteiger partial charge >= 0.3 is 0 Å². The normalized spacial score (nSPS) is 15.3. The molecule has 116 valence electrons. The Bertz CT molecular complexity index is 538. The molecule has 0 radical (unpaired) electrons. The Morgan fingerprint density at radius 2 is 2.19 bits per heavy atom. The fraction of sp³-hybridized carbons (Fsp3) is 0.562. The van der Waals surface area contributed by atoms with E-state index < -0.39 is 0 Å². The van der Waals surface area contributed by atoms with Crippen molar-refractivity contribution in [2.24, 2.45) is 11.1 Å². The molecule has 0 fully saturated rings. The summed E-state index contributed by atoms with van der Waals surface area (Å²) in [6.45, 7) is 7.30. The molecule has 1 aliphatic heterocycles. The minimum absolute atomic E-state index is 0.0239. The number of carbonyl (C=O) groups excluding carboxylic acids is 1. The van der Waals surface area contributed by atoms with Crippen LogP contribution in [-0.4, -0.2) is 18.6 Å². The number of hydrogen-bond acceptors (Lipinski definition) is 3. The molecule has 0 saturated carbocycles. The molecule has 4 nitrogen and oxygen atoms in total. The summed E-state index contributed by atoms with van der Waals surface area (Å²) in [4.78, 5) is 12.0. The smallest absolute Gasteiger partial charge is 0.221 e. The molecule has 1 amide bonds. The molecule has 3 N–H and O–H groups in total. The van der Waals surface area contributed by atoms with Crippen molar-refractivity contribution < 1.29 is 9.53 Å². The molecule has 0 bridgehead atoms. The monoisotopic (exact) mass is 354 g/mol. The van der Waals surface area contributed by atoms with Crippen LogP contribution in [0, 0.1) is 5.41 Å². The Kier molecular flexibility index (Phi) is 4.94. The Morgan fingerprint density at radius 3 is 2.86 bits per heavy atom. The molecule has 1 heterocycles. The van der Waals surface area contributed by atoms with Gasteiger partial charge in [0, 0.05) is 35.5 Å². The zero-order valence-corrected chi connectivity index (χ0v) is 14.4. The molecule has 2 rings (SSSR count). The van der Waals surface area contributed by atoms with Gasteiger partial charge in [-0.25, -0.2) is 0 Å². The first-order chi connectivity index (χ1) is 9.77. The van der Waals surface area contributed by atoms with E-state index in [1.165, 1.54) is 5.56 Å². The van der Waals surface area contributed by atoms with Gasteiger partial charge in [-0.2, -0.15) is 0 Å². The van der Waals surface area contributed by atoms with Crippen LogP contribution in [0.5, 0.6) is 5.75 Å². The summed E-state index contributed by atoms with van der Waals surface area (Å²) >= 11 is 3.50. The summed E-state index contributed by atoms with van der Waals surface area (Å²) in [6.07, 6.45) is 1.26. The third-order valence-electron chi connectivity index (χ3n) is 3.82. The van der Waals surface area contributed by atoms with Crippen LogP contribution in [0.1, 0.15) is 38.3 Å². The summed E-state index contributed by atoms with van der Waals surface area (Å²) in [6, 6.07) is 3.92. The Labute approximate surface area is 134 Å². The number of nitrogens with two attached hydrogens (primary N) is 1. The number of nitrogens with one attached hydrogen (secondary N) is 1. The number of rotatable bonds is 4. The van der Waals surface area contributed by atoms with E-state index in [-0.39, 0.29) is 17.4 Å². The second-order valence-electron chi connectivity index (χ2n) is 6.60.